The summed E-state index contributed by atoms with van der Waals surface area (Å²) in [5.41, 5.74) is 0.514. The highest BCUT2D eigenvalue weighted by atomic mass is 16.5. The third-order valence-electron chi connectivity index (χ3n) is 3.64. The number of carboxylic acids is 1. The number of oxazole rings is 1. The Morgan fingerprint density at radius 1 is 1.48 bits per heavy atom. The molecule has 2 aromatic heterocycles. The number of furan rings is 1. The maximum absolute atomic E-state index is 12.4. The van der Waals surface area contributed by atoms with Crippen molar-refractivity contribution in [3.63, 3.8) is 0 Å². The Kier molecular flexibility index (Phi) is 4.16. The first kappa shape index (κ1) is 15.3. The number of carbonyl (C=O) groups excluding carboxylic acids is 1. The molecule has 122 valence electrons. The van der Waals surface area contributed by atoms with E-state index in [9.17, 15) is 9.59 Å². The summed E-state index contributed by atoms with van der Waals surface area (Å²) in [7, 11) is 0. The fraction of sp³-hybridized carbons (Fsp3) is 0.400. The second kappa shape index (κ2) is 6.25. The van der Waals surface area contributed by atoms with E-state index < -0.39 is 12.1 Å². The number of hydrogen-bond donors (Lipinski definition) is 1. The van der Waals surface area contributed by atoms with Gasteiger partial charge in [0.25, 0.3) is 5.89 Å². The summed E-state index contributed by atoms with van der Waals surface area (Å²) in [6.07, 6.45) is 0.576. The number of rotatable bonds is 4. The zero-order chi connectivity index (χ0) is 16.4. The minimum atomic E-state index is -1.07. The van der Waals surface area contributed by atoms with Crippen LogP contribution in [0.1, 0.15) is 11.5 Å². The third-order valence-corrected chi connectivity index (χ3v) is 3.64. The van der Waals surface area contributed by atoms with Gasteiger partial charge in [-0.1, -0.05) is 0 Å². The molecular weight excluding hydrogens is 304 g/mol. The number of ether oxygens (including phenoxy) is 1. The van der Waals surface area contributed by atoms with Crippen molar-refractivity contribution in [2.24, 2.45) is 0 Å². The minimum Gasteiger partial charge on any atom is -0.479 e. The SMILES string of the molecule is Cc1oc(-c2ccco2)nc1CC(=O)N1CCO[C@@H](C(=O)O)C1. The highest BCUT2D eigenvalue weighted by Gasteiger charge is 2.29. The summed E-state index contributed by atoms with van der Waals surface area (Å²) in [5, 5.41) is 8.98. The van der Waals surface area contributed by atoms with Gasteiger partial charge >= 0.3 is 5.97 Å². The molecular formula is C15H16N2O6. The molecule has 23 heavy (non-hydrogen) atoms. The summed E-state index contributed by atoms with van der Waals surface area (Å²) in [4.78, 5) is 29.1. The molecule has 2 aromatic rings. The van der Waals surface area contributed by atoms with Gasteiger partial charge in [0.2, 0.25) is 5.91 Å². The Hall–Kier alpha value is -2.61. The van der Waals surface area contributed by atoms with Crippen molar-refractivity contribution in [3.05, 3.63) is 29.9 Å². The van der Waals surface area contributed by atoms with Crippen LogP contribution in [0.2, 0.25) is 0 Å². The number of aliphatic carboxylic acids is 1. The molecule has 0 spiro atoms. The number of aromatic nitrogens is 1. The Morgan fingerprint density at radius 3 is 3.00 bits per heavy atom. The van der Waals surface area contributed by atoms with Crippen LogP contribution >= 0.6 is 0 Å². The van der Waals surface area contributed by atoms with Crippen LogP contribution in [0.15, 0.2) is 27.2 Å². The number of hydrogen-bond acceptors (Lipinski definition) is 6. The second-order valence-corrected chi connectivity index (χ2v) is 5.21. The molecule has 3 heterocycles. The number of nitrogens with zero attached hydrogens (tertiary/aromatic N) is 2. The van der Waals surface area contributed by atoms with E-state index in [0.717, 1.165) is 0 Å². The zero-order valence-electron chi connectivity index (χ0n) is 12.5. The predicted octanol–water partition coefficient (Wildman–Crippen LogP) is 1.10. The summed E-state index contributed by atoms with van der Waals surface area (Å²) < 4.78 is 15.8. The lowest BCUT2D eigenvalue weighted by Crippen LogP contribution is -2.49. The highest BCUT2D eigenvalue weighted by Crippen LogP contribution is 2.22. The van der Waals surface area contributed by atoms with Crippen LogP contribution in [0.25, 0.3) is 11.7 Å². The van der Waals surface area contributed by atoms with Gasteiger partial charge < -0.3 is 23.6 Å². The van der Waals surface area contributed by atoms with Crippen molar-refractivity contribution >= 4 is 11.9 Å². The molecule has 1 fully saturated rings. The van der Waals surface area contributed by atoms with Crippen LogP contribution in [0.3, 0.4) is 0 Å². The fourth-order valence-corrected chi connectivity index (χ4v) is 2.38. The topological polar surface area (TPSA) is 106 Å². The van der Waals surface area contributed by atoms with Crippen molar-refractivity contribution in [3.8, 4) is 11.7 Å². The Labute approximate surface area is 131 Å². The van der Waals surface area contributed by atoms with E-state index in [1.54, 1.807) is 19.1 Å². The van der Waals surface area contributed by atoms with Crippen molar-refractivity contribution in [2.45, 2.75) is 19.4 Å². The summed E-state index contributed by atoms with van der Waals surface area (Å²) in [5.74, 6) is 0.0692. The number of amides is 1. The van der Waals surface area contributed by atoms with Gasteiger partial charge in [-0.15, -0.1) is 0 Å². The molecule has 8 heteroatoms. The Bertz CT molecular complexity index is 706. The molecule has 0 aromatic carbocycles. The molecule has 8 nitrogen and oxygen atoms in total. The van der Waals surface area contributed by atoms with Gasteiger partial charge in [-0.3, -0.25) is 4.79 Å². The molecule has 0 bridgehead atoms. The lowest BCUT2D eigenvalue weighted by Gasteiger charge is -2.30. The van der Waals surface area contributed by atoms with Gasteiger partial charge in [-0.05, 0) is 19.1 Å². The van der Waals surface area contributed by atoms with Crippen LogP contribution in [-0.4, -0.2) is 52.7 Å². The van der Waals surface area contributed by atoms with E-state index in [1.165, 1.54) is 11.2 Å². The number of carbonyl (C=O) groups is 2. The molecule has 0 radical (unpaired) electrons. The molecule has 0 aliphatic carbocycles. The maximum Gasteiger partial charge on any atom is 0.334 e. The van der Waals surface area contributed by atoms with Crippen LogP contribution in [0.4, 0.5) is 0 Å². The van der Waals surface area contributed by atoms with E-state index in [0.29, 0.717) is 29.6 Å². The molecule has 0 saturated carbocycles. The first-order valence-corrected chi connectivity index (χ1v) is 7.17. The molecule has 1 N–H and O–H groups in total. The molecule has 0 unspecified atom stereocenters. The normalized spacial score (nSPS) is 18.1. The first-order chi connectivity index (χ1) is 11.0. The van der Waals surface area contributed by atoms with Gasteiger partial charge in [0.05, 0.1) is 31.5 Å². The van der Waals surface area contributed by atoms with E-state index in [4.69, 9.17) is 18.7 Å². The van der Waals surface area contributed by atoms with Crippen LogP contribution < -0.4 is 0 Å². The quantitative estimate of drug-likeness (QED) is 0.899. The Morgan fingerprint density at radius 2 is 2.30 bits per heavy atom. The number of aryl methyl sites for hydroxylation is 1. The molecule has 1 atom stereocenters. The summed E-state index contributed by atoms with van der Waals surface area (Å²) >= 11 is 0. The molecule has 1 amide bonds. The fourth-order valence-electron chi connectivity index (χ4n) is 2.38. The van der Waals surface area contributed by atoms with Crippen LogP contribution in [0, 0.1) is 6.92 Å². The second-order valence-electron chi connectivity index (χ2n) is 5.21. The predicted molar refractivity (Wildman–Crippen MR) is 76.6 cm³/mol. The van der Waals surface area contributed by atoms with Gasteiger partial charge in [0.15, 0.2) is 11.9 Å². The van der Waals surface area contributed by atoms with Crippen molar-refractivity contribution in [2.75, 3.05) is 19.7 Å². The van der Waals surface area contributed by atoms with Crippen molar-refractivity contribution < 1.29 is 28.3 Å². The van der Waals surface area contributed by atoms with E-state index >= 15 is 0 Å². The maximum atomic E-state index is 12.4. The van der Waals surface area contributed by atoms with Crippen molar-refractivity contribution in [1.82, 2.24) is 9.88 Å². The summed E-state index contributed by atoms with van der Waals surface area (Å²) in [6, 6.07) is 3.44. The monoisotopic (exact) mass is 320 g/mol. The smallest absolute Gasteiger partial charge is 0.334 e. The van der Waals surface area contributed by atoms with Crippen LogP contribution in [0.5, 0.6) is 0 Å². The Balaban J connectivity index is 1.69. The minimum absolute atomic E-state index is 0.0378. The van der Waals surface area contributed by atoms with Gasteiger partial charge in [-0.25, -0.2) is 9.78 Å². The van der Waals surface area contributed by atoms with E-state index in [1.807, 2.05) is 0 Å². The molecule has 3 rings (SSSR count). The molecule has 1 saturated heterocycles. The molecule has 1 aliphatic heterocycles. The largest absolute Gasteiger partial charge is 0.479 e. The van der Waals surface area contributed by atoms with Crippen LogP contribution in [-0.2, 0) is 20.7 Å². The summed E-state index contributed by atoms with van der Waals surface area (Å²) in [6.45, 7) is 2.33. The van der Waals surface area contributed by atoms with Gasteiger partial charge in [0, 0.05) is 6.54 Å². The third kappa shape index (κ3) is 3.26. The number of carboxylic acid groups (broad SMARTS) is 1. The van der Waals surface area contributed by atoms with E-state index in [2.05, 4.69) is 4.98 Å². The standard InChI is InChI=1S/C15H16N2O6/c1-9-10(16-14(23-9)11-3-2-5-21-11)7-13(18)17-4-6-22-12(8-17)15(19)20/h2-3,5,12H,4,6-8H2,1H3,(H,19,20)/t12-/m1/s1. The average Bonchev–Trinajstić information content (AvgIpc) is 3.18. The average molecular weight is 320 g/mol. The first-order valence-electron chi connectivity index (χ1n) is 7.17. The zero-order valence-corrected chi connectivity index (χ0v) is 12.5. The lowest BCUT2D eigenvalue weighted by atomic mass is 10.2. The highest BCUT2D eigenvalue weighted by molar-refractivity contribution is 5.80. The van der Waals surface area contributed by atoms with Crippen molar-refractivity contribution in [1.29, 1.82) is 0 Å². The van der Waals surface area contributed by atoms with Gasteiger partial charge in [-0.2, -0.15) is 0 Å². The van der Waals surface area contributed by atoms with E-state index in [-0.39, 0.29) is 25.5 Å². The molecule has 1 aliphatic rings. The van der Waals surface area contributed by atoms with Gasteiger partial charge in [0.1, 0.15) is 5.76 Å². The lowest BCUT2D eigenvalue weighted by molar-refractivity contribution is -0.159. The number of morpholine rings is 1.